The molecule has 0 aliphatic rings. The number of nitrogens with one attached hydrogen (secondary N) is 1. The first-order valence-electron chi connectivity index (χ1n) is 7.22. The minimum absolute atomic E-state index is 0.0507. The van der Waals surface area contributed by atoms with Crippen LogP contribution in [-0.4, -0.2) is 36.9 Å². The van der Waals surface area contributed by atoms with Gasteiger partial charge >= 0.3 is 5.97 Å². The smallest absolute Gasteiger partial charge is 0.308 e. The van der Waals surface area contributed by atoms with Gasteiger partial charge in [0.1, 0.15) is 0 Å². The molecule has 2 atom stereocenters. The number of ether oxygens (including phenoxy) is 1. The number of aliphatic hydroxyl groups excluding tert-OH is 1. The molecular weight excluding hydrogens is 254 g/mol. The lowest BCUT2D eigenvalue weighted by Crippen LogP contribution is -2.30. The molecule has 0 aromatic heterocycles. The van der Waals surface area contributed by atoms with Crippen LogP contribution in [0.15, 0.2) is 30.3 Å². The zero-order valence-corrected chi connectivity index (χ0v) is 12.3. The van der Waals surface area contributed by atoms with Crippen molar-refractivity contribution in [2.75, 3.05) is 19.7 Å². The normalized spacial score (nSPS) is 13.8. The Balaban J connectivity index is 2.14. The van der Waals surface area contributed by atoms with Crippen LogP contribution in [0.1, 0.15) is 38.2 Å². The molecule has 0 aliphatic carbocycles. The van der Waals surface area contributed by atoms with Crippen molar-refractivity contribution in [2.24, 2.45) is 0 Å². The molecule has 0 heterocycles. The SMILES string of the molecule is CCOC(=O)CC(O)CNCCC(C)c1ccccc1. The molecule has 0 aliphatic heterocycles. The number of benzene rings is 1. The zero-order chi connectivity index (χ0) is 14.8. The predicted molar refractivity (Wildman–Crippen MR) is 79.6 cm³/mol. The van der Waals surface area contributed by atoms with Crippen LogP contribution < -0.4 is 5.32 Å². The molecule has 112 valence electrons. The second-order valence-corrected chi connectivity index (χ2v) is 4.97. The summed E-state index contributed by atoms with van der Waals surface area (Å²) < 4.78 is 4.79. The van der Waals surface area contributed by atoms with E-state index < -0.39 is 6.10 Å². The van der Waals surface area contributed by atoms with Crippen molar-refractivity contribution < 1.29 is 14.6 Å². The molecule has 4 nitrogen and oxygen atoms in total. The van der Waals surface area contributed by atoms with E-state index in [-0.39, 0.29) is 12.4 Å². The highest BCUT2D eigenvalue weighted by Crippen LogP contribution is 2.17. The Labute approximate surface area is 121 Å². The summed E-state index contributed by atoms with van der Waals surface area (Å²) in [4.78, 5) is 11.2. The lowest BCUT2D eigenvalue weighted by molar-refractivity contribution is -0.145. The second-order valence-electron chi connectivity index (χ2n) is 4.97. The van der Waals surface area contributed by atoms with E-state index in [4.69, 9.17) is 4.74 Å². The monoisotopic (exact) mass is 279 g/mol. The van der Waals surface area contributed by atoms with Crippen molar-refractivity contribution in [1.82, 2.24) is 5.32 Å². The van der Waals surface area contributed by atoms with Gasteiger partial charge in [0, 0.05) is 6.54 Å². The van der Waals surface area contributed by atoms with E-state index >= 15 is 0 Å². The molecule has 0 spiro atoms. The number of rotatable bonds is 9. The van der Waals surface area contributed by atoms with Crippen molar-refractivity contribution in [1.29, 1.82) is 0 Å². The van der Waals surface area contributed by atoms with Crippen LogP contribution in [0, 0.1) is 0 Å². The molecule has 0 fully saturated rings. The maximum Gasteiger partial charge on any atom is 0.308 e. The quantitative estimate of drug-likeness (QED) is 0.537. The lowest BCUT2D eigenvalue weighted by atomic mass is 9.98. The Hall–Kier alpha value is -1.39. The Morgan fingerprint density at radius 1 is 1.35 bits per heavy atom. The molecule has 4 heteroatoms. The molecule has 0 saturated heterocycles. The van der Waals surface area contributed by atoms with Crippen LogP contribution in [0.2, 0.25) is 0 Å². The summed E-state index contributed by atoms with van der Waals surface area (Å²) in [5, 5.41) is 12.8. The van der Waals surface area contributed by atoms with Gasteiger partial charge in [0.15, 0.2) is 0 Å². The van der Waals surface area contributed by atoms with E-state index in [1.165, 1.54) is 5.56 Å². The Kier molecular flexibility index (Phi) is 7.92. The summed E-state index contributed by atoms with van der Waals surface area (Å²) in [6.45, 7) is 5.53. The molecule has 0 radical (unpaired) electrons. The van der Waals surface area contributed by atoms with Crippen molar-refractivity contribution >= 4 is 5.97 Å². The fraction of sp³-hybridized carbons (Fsp3) is 0.562. The summed E-state index contributed by atoms with van der Waals surface area (Å²) in [6, 6.07) is 10.4. The minimum Gasteiger partial charge on any atom is -0.466 e. The van der Waals surface area contributed by atoms with Gasteiger partial charge in [0.2, 0.25) is 0 Å². The number of carbonyl (C=O) groups excluding carboxylic acids is 1. The Morgan fingerprint density at radius 3 is 2.70 bits per heavy atom. The van der Waals surface area contributed by atoms with E-state index in [2.05, 4.69) is 24.4 Å². The Bertz CT molecular complexity index is 381. The average Bonchev–Trinajstić information content (AvgIpc) is 2.44. The van der Waals surface area contributed by atoms with Crippen molar-refractivity contribution in [3.05, 3.63) is 35.9 Å². The average molecular weight is 279 g/mol. The van der Waals surface area contributed by atoms with Gasteiger partial charge in [-0.1, -0.05) is 37.3 Å². The van der Waals surface area contributed by atoms with Gasteiger partial charge in [-0.25, -0.2) is 0 Å². The van der Waals surface area contributed by atoms with Crippen LogP contribution in [0.25, 0.3) is 0 Å². The molecular formula is C16H25NO3. The third-order valence-electron chi connectivity index (χ3n) is 3.21. The first-order valence-corrected chi connectivity index (χ1v) is 7.22. The lowest BCUT2D eigenvalue weighted by Gasteiger charge is -2.14. The first kappa shape index (κ1) is 16.7. The van der Waals surface area contributed by atoms with Gasteiger partial charge < -0.3 is 15.2 Å². The highest BCUT2D eigenvalue weighted by molar-refractivity contribution is 5.69. The van der Waals surface area contributed by atoms with Crippen LogP contribution in [0.4, 0.5) is 0 Å². The van der Waals surface area contributed by atoms with E-state index in [0.29, 0.717) is 19.1 Å². The standard InChI is InChI=1S/C16H25NO3/c1-3-20-16(19)11-15(18)12-17-10-9-13(2)14-7-5-4-6-8-14/h4-8,13,15,17-18H,3,9-12H2,1-2H3. The molecule has 2 unspecified atom stereocenters. The third kappa shape index (κ3) is 6.68. The van der Waals surface area contributed by atoms with Crippen molar-refractivity contribution in [3.8, 4) is 0 Å². The maximum absolute atomic E-state index is 11.2. The highest BCUT2D eigenvalue weighted by Gasteiger charge is 2.11. The molecule has 2 N–H and O–H groups in total. The number of hydrogen-bond donors (Lipinski definition) is 2. The number of aliphatic hydroxyl groups is 1. The summed E-state index contributed by atoms with van der Waals surface area (Å²) in [7, 11) is 0. The molecule has 1 aromatic carbocycles. The fourth-order valence-electron chi connectivity index (χ4n) is 2.02. The second kappa shape index (κ2) is 9.50. The summed E-state index contributed by atoms with van der Waals surface area (Å²) in [6.07, 6.45) is 0.367. The molecule has 0 bridgehead atoms. The van der Waals surface area contributed by atoms with Crippen LogP contribution in [0.3, 0.4) is 0 Å². The summed E-state index contributed by atoms with van der Waals surface area (Å²) in [5.74, 6) is 0.130. The van der Waals surface area contributed by atoms with Gasteiger partial charge in [-0.05, 0) is 31.4 Å². The van der Waals surface area contributed by atoms with E-state index in [0.717, 1.165) is 13.0 Å². The molecule has 20 heavy (non-hydrogen) atoms. The van der Waals surface area contributed by atoms with Crippen LogP contribution in [0.5, 0.6) is 0 Å². The largest absolute Gasteiger partial charge is 0.466 e. The number of esters is 1. The van der Waals surface area contributed by atoms with Crippen molar-refractivity contribution in [3.63, 3.8) is 0 Å². The molecule has 1 aromatic rings. The van der Waals surface area contributed by atoms with E-state index in [1.54, 1.807) is 6.92 Å². The van der Waals surface area contributed by atoms with Gasteiger partial charge in [0.25, 0.3) is 0 Å². The molecule has 0 amide bonds. The molecule has 0 saturated carbocycles. The zero-order valence-electron chi connectivity index (χ0n) is 12.3. The van der Waals surface area contributed by atoms with Gasteiger partial charge in [0.05, 0.1) is 19.1 Å². The topological polar surface area (TPSA) is 58.6 Å². The summed E-state index contributed by atoms with van der Waals surface area (Å²) >= 11 is 0. The van der Waals surface area contributed by atoms with Crippen molar-refractivity contribution in [2.45, 2.75) is 38.7 Å². The van der Waals surface area contributed by atoms with Crippen LogP contribution >= 0.6 is 0 Å². The predicted octanol–water partition coefficient (Wildman–Crippen LogP) is 2.08. The Morgan fingerprint density at radius 2 is 2.05 bits per heavy atom. The van der Waals surface area contributed by atoms with Crippen LogP contribution in [-0.2, 0) is 9.53 Å². The number of hydrogen-bond acceptors (Lipinski definition) is 4. The molecule has 1 rings (SSSR count). The fourth-order valence-corrected chi connectivity index (χ4v) is 2.02. The van der Waals surface area contributed by atoms with E-state index in [9.17, 15) is 9.90 Å². The van der Waals surface area contributed by atoms with E-state index in [1.807, 2.05) is 18.2 Å². The summed E-state index contributed by atoms with van der Waals surface area (Å²) in [5.41, 5.74) is 1.32. The van der Waals surface area contributed by atoms with Gasteiger partial charge in [-0.3, -0.25) is 4.79 Å². The first-order chi connectivity index (χ1) is 9.63. The van der Waals surface area contributed by atoms with Gasteiger partial charge in [-0.2, -0.15) is 0 Å². The highest BCUT2D eigenvalue weighted by atomic mass is 16.5. The number of carbonyl (C=O) groups is 1. The maximum atomic E-state index is 11.2. The third-order valence-corrected chi connectivity index (χ3v) is 3.21. The minimum atomic E-state index is -0.680. The van der Waals surface area contributed by atoms with Gasteiger partial charge in [-0.15, -0.1) is 0 Å².